The highest BCUT2D eigenvalue weighted by atomic mass is 79.9. The van der Waals surface area contributed by atoms with Crippen molar-refractivity contribution >= 4 is 21.6 Å². The molecule has 0 saturated heterocycles. The average molecular weight is 348 g/mol. The summed E-state index contributed by atoms with van der Waals surface area (Å²) in [5.74, 6) is 0.921. The number of nitrogens with one attached hydrogen (secondary N) is 1. The Balaban J connectivity index is 2.16. The predicted molar refractivity (Wildman–Crippen MR) is 93.3 cm³/mol. The number of benzene rings is 2. The van der Waals surface area contributed by atoms with Crippen molar-refractivity contribution in [2.75, 3.05) is 11.9 Å². The van der Waals surface area contributed by atoms with Crippen LogP contribution in [-0.2, 0) is 0 Å². The summed E-state index contributed by atoms with van der Waals surface area (Å²) >= 11 is 3.54. The van der Waals surface area contributed by atoms with Crippen LogP contribution in [0.15, 0.2) is 40.9 Å². The zero-order chi connectivity index (χ0) is 15.4. The van der Waals surface area contributed by atoms with Crippen molar-refractivity contribution in [3.05, 3.63) is 57.6 Å². The molecule has 2 rings (SSSR count). The Morgan fingerprint density at radius 2 is 1.67 bits per heavy atom. The summed E-state index contributed by atoms with van der Waals surface area (Å²) in [5, 5.41) is 3.61. The second-order valence-electron chi connectivity index (χ2n) is 5.28. The van der Waals surface area contributed by atoms with Crippen LogP contribution in [0.4, 0.5) is 5.69 Å². The molecule has 0 radical (unpaired) electrons. The van der Waals surface area contributed by atoms with Crippen LogP contribution in [0.25, 0.3) is 0 Å². The van der Waals surface area contributed by atoms with Gasteiger partial charge in [-0.05, 0) is 68.7 Å². The van der Waals surface area contributed by atoms with Crippen LogP contribution in [0.2, 0.25) is 0 Å². The summed E-state index contributed by atoms with van der Waals surface area (Å²) < 4.78 is 6.61. The number of hydrogen-bond donors (Lipinski definition) is 1. The van der Waals surface area contributed by atoms with E-state index >= 15 is 0 Å². The SMILES string of the molecule is CCOc1ccc(C(C)Nc2c(C)cc(Br)cc2C)cc1. The van der Waals surface area contributed by atoms with Gasteiger partial charge in [0.1, 0.15) is 5.75 Å². The molecule has 2 nitrogen and oxygen atoms in total. The summed E-state index contributed by atoms with van der Waals surface area (Å²) in [6.45, 7) is 9.13. The monoisotopic (exact) mass is 347 g/mol. The zero-order valence-corrected chi connectivity index (χ0v) is 14.6. The van der Waals surface area contributed by atoms with Crippen molar-refractivity contribution < 1.29 is 4.74 Å². The summed E-state index contributed by atoms with van der Waals surface area (Å²) in [7, 11) is 0. The Morgan fingerprint density at radius 1 is 1.10 bits per heavy atom. The highest BCUT2D eigenvalue weighted by molar-refractivity contribution is 9.10. The van der Waals surface area contributed by atoms with Gasteiger partial charge in [-0.3, -0.25) is 0 Å². The van der Waals surface area contributed by atoms with Crippen molar-refractivity contribution in [1.82, 2.24) is 0 Å². The predicted octanol–water partition coefficient (Wildman–Crippen LogP) is 5.64. The van der Waals surface area contributed by atoms with E-state index in [9.17, 15) is 0 Å². The Bertz CT molecular complexity index is 584. The van der Waals surface area contributed by atoms with Crippen molar-refractivity contribution in [2.24, 2.45) is 0 Å². The molecule has 0 spiro atoms. The van der Waals surface area contributed by atoms with Crippen LogP contribution in [-0.4, -0.2) is 6.61 Å². The van der Waals surface area contributed by atoms with Gasteiger partial charge < -0.3 is 10.1 Å². The molecule has 0 aliphatic rings. The van der Waals surface area contributed by atoms with Crippen LogP contribution in [0, 0.1) is 13.8 Å². The lowest BCUT2D eigenvalue weighted by atomic mass is 10.0. The number of aryl methyl sites for hydroxylation is 2. The second-order valence-corrected chi connectivity index (χ2v) is 6.20. The first-order chi connectivity index (χ1) is 10.0. The summed E-state index contributed by atoms with van der Waals surface area (Å²) in [5.41, 5.74) is 4.96. The number of ether oxygens (including phenoxy) is 1. The van der Waals surface area contributed by atoms with Gasteiger partial charge >= 0.3 is 0 Å². The van der Waals surface area contributed by atoms with Crippen LogP contribution in [0.1, 0.15) is 36.6 Å². The lowest BCUT2D eigenvalue weighted by Gasteiger charge is -2.20. The maximum absolute atomic E-state index is 5.48. The highest BCUT2D eigenvalue weighted by Gasteiger charge is 2.10. The molecule has 0 amide bonds. The fourth-order valence-electron chi connectivity index (χ4n) is 2.46. The summed E-state index contributed by atoms with van der Waals surface area (Å²) in [4.78, 5) is 0. The normalized spacial score (nSPS) is 12.0. The second kappa shape index (κ2) is 6.99. The van der Waals surface area contributed by atoms with Crippen LogP contribution in [0.3, 0.4) is 0 Å². The number of hydrogen-bond acceptors (Lipinski definition) is 2. The van der Waals surface area contributed by atoms with Crippen molar-refractivity contribution in [1.29, 1.82) is 0 Å². The molecule has 21 heavy (non-hydrogen) atoms. The van der Waals surface area contributed by atoms with Gasteiger partial charge in [0, 0.05) is 16.2 Å². The van der Waals surface area contributed by atoms with E-state index in [2.05, 4.69) is 66.3 Å². The minimum Gasteiger partial charge on any atom is -0.494 e. The molecule has 2 aromatic carbocycles. The Hall–Kier alpha value is -1.48. The van der Waals surface area contributed by atoms with Gasteiger partial charge in [-0.1, -0.05) is 28.1 Å². The van der Waals surface area contributed by atoms with Gasteiger partial charge in [0.05, 0.1) is 6.61 Å². The van der Waals surface area contributed by atoms with Crippen LogP contribution in [0.5, 0.6) is 5.75 Å². The van der Waals surface area contributed by atoms with Gasteiger partial charge in [-0.15, -0.1) is 0 Å². The van der Waals surface area contributed by atoms with E-state index in [4.69, 9.17) is 4.74 Å². The topological polar surface area (TPSA) is 21.3 Å². The van der Waals surface area contributed by atoms with E-state index in [1.807, 2.05) is 19.1 Å². The minimum absolute atomic E-state index is 0.249. The lowest BCUT2D eigenvalue weighted by Crippen LogP contribution is -2.09. The third kappa shape index (κ3) is 4.01. The van der Waals surface area contributed by atoms with E-state index < -0.39 is 0 Å². The van der Waals surface area contributed by atoms with Crippen LogP contribution < -0.4 is 10.1 Å². The molecule has 112 valence electrons. The van der Waals surface area contributed by atoms with Crippen molar-refractivity contribution in [3.63, 3.8) is 0 Å². The molecule has 0 aliphatic carbocycles. The van der Waals surface area contributed by atoms with E-state index in [0.717, 1.165) is 10.2 Å². The molecular weight excluding hydrogens is 326 g/mol. The van der Waals surface area contributed by atoms with Crippen molar-refractivity contribution in [2.45, 2.75) is 33.7 Å². The Morgan fingerprint density at radius 3 is 2.19 bits per heavy atom. The molecule has 2 aromatic rings. The van der Waals surface area contributed by atoms with E-state index in [1.165, 1.54) is 22.4 Å². The molecule has 0 bridgehead atoms. The third-order valence-electron chi connectivity index (χ3n) is 3.55. The van der Waals surface area contributed by atoms with Gasteiger partial charge in [0.2, 0.25) is 0 Å². The first kappa shape index (κ1) is 15.9. The van der Waals surface area contributed by atoms with Crippen LogP contribution >= 0.6 is 15.9 Å². The average Bonchev–Trinajstić information content (AvgIpc) is 2.43. The lowest BCUT2D eigenvalue weighted by molar-refractivity contribution is 0.340. The molecule has 1 unspecified atom stereocenters. The third-order valence-corrected chi connectivity index (χ3v) is 4.01. The molecule has 0 fully saturated rings. The maximum atomic E-state index is 5.48. The number of halogens is 1. The first-order valence-corrected chi connectivity index (χ1v) is 8.06. The van der Waals surface area contributed by atoms with E-state index in [-0.39, 0.29) is 6.04 Å². The number of anilines is 1. The largest absolute Gasteiger partial charge is 0.494 e. The molecule has 0 heterocycles. The molecule has 1 N–H and O–H groups in total. The van der Waals surface area contributed by atoms with E-state index in [1.54, 1.807) is 0 Å². The molecule has 1 atom stereocenters. The quantitative estimate of drug-likeness (QED) is 0.755. The molecule has 3 heteroatoms. The minimum atomic E-state index is 0.249. The number of rotatable bonds is 5. The standard InChI is InChI=1S/C18H22BrNO/c1-5-21-17-8-6-15(7-9-17)14(4)20-18-12(2)10-16(19)11-13(18)3/h6-11,14,20H,5H2,1-4H3. The van der Waals surface area contributed by atoms with Gasteiger partial charge in [0.25, 0.3) is 0 Å². The molecular formula is C18H22BrNO. The van der Waals surface area contributed by atoms with Gasteiger partial charge in [-0.2, -0.15) is 0 Å². The Labute approximate surface area is 135 Å². The first-order valence-electron chi connectivity index (χ1n) is 7.27. The van der Waals surface area contributed by atoms with Gasteiger partial charge in [0.15, 0.2) is 0 Å². The molecule has 0 saturated carbocycles. The smallest absolute Gasteiger partial charge is 0.119 e. The fourth-order valence-corrected chi connectivity index (χ4v) is 3.14. The van der Waals surface area contributed by atoms with Crippen molar-refractivity contribution in [3.8, 4) is 5.75 Å². The highest BCUT2D eigenvalue weighted by Crippen LogP contribution is 2.29. The maximum Gasteiger partial charge on any atom is 0.119 e. The summed E-state index contributed by atoms with van der Waals surface area (Å²) in [6, 6.07) is 12.8. The van der Waals surface area contributed by atoms with Gasteiger partial charge in [-0.25, -0.2) is 0 Å². The molecule has 0 aromatic heterocycles. The summed E-state index contributed by atoms with van der Waals surface area (Å²) in [6.07, 6.45) is 0. The van der Waals surface area contributed by atoms with E-state index in [0.29, 0.717) is 6.61 Å². The Kier molecular flexibility index (Phi) is 5.29. The fraction of sp³-hybridized carbons (Fsp3) is 0.333. The molecule has 0 aliphatic heterocycles. The zero-order valence-electron chi connectivity index (χ0n) is 13.0.